The molecule has 3 heterocycles. The Kier molecular flexibility index (Phi) is 6.06. The van der Waals surface area contributed by atoms with Crippen LogP contribution in [0.2, 0.25) is 0 Å². The molecule has 0 saturated carbocycles. The number of amidine groups is 1. The van der Waals surface area contributed by atoms with Crippen molar-refractivity contribution in [3.05, 3.63) is 89.3 Å². The number of carbonyl (C=O) groups excluding carboxylic acids is 1. The van der Waals surface area contributed by atoms with Crippen molar-refractivity contribution in [3.63, 3.8) is 0 Å². The number of benzene rings is 2. The molecule has 2 aliphatic rings. The molecular weight excluding hydrogens is 444 g/mol. The van der Waals surface area contributed by atoms with Gasteiger partial charge in [0.15, 0.2) is 5.84 Å². The van der Waals surface area contributed by atoms with Gasteiger partial charge in [0.1, 0.15) is 11.7 Å². The van der Waals surface area contributed by atoms with Crippen LogP contribution in [0.15, 0.2) is 76.4 Å². The minimum absolute atomic E-state index is 0.0179. The minimum Gasteiger partial charge on any atom is -0.391 e. The summed E-state index contributed by atoms with van der Waals surface area (Å²) in [5.41, 5.74) is 1.47. The Morgan fingerprint density at radius 1 is 1.11 bits per heavy atom. The lowest BCUT2D eigenvalue weighted by atomic mass is 9.91. The minimum atomic E-state index is -1.03. The van der Waals surface area contributed by atoms with Gasteiger partial charge in [-0.25, -0.2) is 0 Å². The number of carbonyl (C=O) groups is 1. The molecular formula is C27H30N4O4. The van der Waals surface area contributed by atoms with Gasteiger partial charge in [0.05, 0.1) is 17.8 Å². The normalized spacial score (nSPS) is 22.0. The van der Waals surface area contributed by atoms with Crippen LogP contribution in [-0.4, -0.2) is 45.6 Å². The number of nitrogens with zero attached hydrogens (tertiary/aromatic N) is 3. The lowest BCUT2D eigenvalue weighted by Gasteiger charge is -2.31. The number of aryl methyl sites for hydroxylation is 1. The Labute approximate surface area is 204 Å². The third-order valence-corrected chi connectivity index (χ3v) is 6.71. The third kappa shape index (κ3) is 4.18. The summed E-state index contributed by atoms with van der Waals surface area (Å²) in [4.78, 5) is 21.6. The van der Waals surface area contributed by atoms with Gasteiger partial charge in [-0.1, -0.05) is 84.8 Å². The molecule has 1 fully saturated rings. The molecule has 5 rings (SSSR count). The highest BCUT2D eigenvalue weighted by atomic mass is 16.7. The lowest BCUT2D eigenvalue weighted by Crippen LogP contribution is -2.51. The van der Waals surface area contributed by atoms with Crippen LogP contribution in [0.4, 0.5) is 0 Å². The van der Waals surface area contributed by atoms with E-state index in [9.17, 15) is 9.90 Å². The number of hydrogen-bond acceptors (Lipinski definition) is 7. The van der Waals surface area contributed by atoms with Crippen molar-refractivity contribution in [3.8, 4) is 0 Å². The van der Waals surface area contributed by atoms with Gasteiger partial charge < -0.3 is 24.7 Å². The van der Waals surface area contributed by atoms with Crippen LogP contribution in [0.5, 0.6) is 0 Å². The first-order valence-corrected chi connectivity index (χ1v) is 12.0. The van der Waals surface area contributed by atoms with Crippen molar-refractivity contribution in [2.75, 3.05) is 6.54 Å². The zero-order valence-electron chi connectivity index (χ0n) is 20.1. The number of aromatic nitrogens is 1. The topological polar surface area (TPSA) is 100 Å². The highest BCUT2D eigenvalue weighted by Gasteiger charge is 2.49. The summed E-state index contributed by atoms with van der Waals surface area (Å²) in [6.07, 6.45) is -0.304. The number of aliphatic hydroxyl groups excluding tert-OH is 1. The molecule has 0 spiro atoms. The molecule has 1 saturated heterocycles. The van der Waals surface area contributed by atoms with Gasteiger partial charge in [0, 0.05) is 30.2 Å². The fourth-order valence-electron chi connectivity index (χ4n) is 5.01. The summed E-state index contributed by atoms with van der Waals surface area (Å²) in [6, 6.07) is 20.9. The second kappa shape index (κ2) is 9.19. The van der Waals surface area contributed by atoms with E-state index in [-0.39, 0.29) is 18.4 Å². The van der Waals surface area contributed by atoms with Crippen LogP contribution in [0.25, 0.3) is 0 Å². The smallest absolute Gasteiger partial charge is 0.260 e. The first-order chi connectivity index (χ1) is 16.9. The fourth-order valence-corrected chi connectivity index (χ4v) is 5.01. The first kappa shape index (κ1) is 23.1. The van der Waals surface area contributed by atoms with E-state index >= 15 is 0 Å². The third-order valence-electron chi connectivity index (χ3n) is 6.71. The lowest BCUT2D eigenvalue weighted by molar-refractivity contribution is -0.134. The van der Waals surface area contributed by atoms with Crippen molar-refractivity contribution in [2.45, 2.75) is 51.0 Å². The predicted octanol–water partition coefficient (Wildman–Crippen LogP) is 3.52. The zero-order chi connectivity index (χ0) is 24.6. The van der Waals surface area contributed by atoms with Gasteiger partial charge in [0.2, 0.25) is 5.91 Å². The van der Waals surface area contributed by atoms with Gasteiger partial charge in [-0.15, -0.1) is 0 Å². The number of amides is 1. The van der Waals surface area contributed by atoms with Crippen LogP contribution in [0.3, 0.4) is 0 Å². The average Bonchev–Trinajstić information content (AvgIpc) is 3.59. The highest BCUT2D eigenvalue weighted by molar-refractivity contribution is 5.95. The number of nitrogens with one attached hydrogen (secondary N) is 1. The SMILES string of the molecule is Cc1cc(C(C(=O)N2CC(O)CC2C2=NOC(c3ccccc3)(c3ccccc3)N2)C(C)C)on1. The molecule has 0 bridgehead atoms. The van der Waals surface area contributed by atoms with Gasteiger partial charge in [-0.3, -0.25) is 4.79 Å². The average molecular weight is 475 g/mol. The molecule has 3 atom stereocenters. The molecule has 2 N–H and O–H groups in total. The molecule has 1 amide bonds. The molecule has 182 valence electrons. The maximum absolute atomic E-state index is 13.8. The Morgan fingerprint density at radius 2 is 1.74 bits per heavy atom. The molecule has 2 aliphatic heterocycles. The molecule has 0 radical (unpaired) electrons. The second-order valence-electron chi connectivity index (χ2n) is 9.59. The molecule has 8 heteroatoms. The van der Waals surface area contributed by atoms with Crippen molar-refractivity contribution >= 4 is 11.7 Å². The maximum Gasteiger partial charge on any atom is 0.260 e. The zero-order valence-corrected chi connectivity index (χ0v) is 20.1. The quantitative estimate of drug-likeness (QED) is 0.567. The van der Waals surface area contributed by atoms with E-state index in [1.807, 2.05) is 81.4 Å². The van der Waals surface area contributed by atoms with E-state index in [4.69, 9.17) is 9.36 Å². The Balaban J connectivity index is 1.46. The molecule has 3 aromatic rings. The van der Waals surface area contributed by atoms with E-state index < -0.39 is 23.8 Å². The van der Waals surface area contributed by atoms with Gasteiger partial charge in [-0.2, -0.15) is 0 Å². The predicted molar refractivity (Wildman–Crippen MR) is 130 cm³/mol. The van der Waals surface area contributed by atoms with Crippen molar-refractivity contribution < 1.29 is 19.3 Å². The first-order valence-electron chi connectivity index (χ1n) is 12.0. The van der Waals surface area contributed by atoms with Crippen LogP contribution in [-0.2, 0) is 15.4 Å². The highest BCUT2D eigenvalue weighted by Crippen LogP contribution is 2.37. The Bertz CT molecular complexity index is 1170. The van der Waals surface area contributed by atoms with Crippen molar-refractivity contribution in [1.82, 2.24) is 15.4 Å². The number of likely N-dealkylation sites (tertiary alicyclic amines) is 1. The van der Waals surface area contributed by atoms with Crippen LogP contribution in [0.1, 0.15) is 48.8 Å². The van der Waals surface area contributed by atoms with Gasteiger partial charge >= 0.3 is 0 Å². The Hall–Kier alpha value is -3.65. The van der Waals surface area contributed by atoms with E-state index in [0.29, 0.717) is 18.0 Å². The summed E-state index contributed by atoms with van der Waals surface area (Å²) in [5, 5.41) is 22.5. The number of aliphatic hydroxyl groups is 1. The van der Waals surface area contributed by atoms with Crippen molar-refractivity contribution in [2.24, 2.45) is 11.1 Å². The van der Waals surface area contributed by atoms with Gasteiger partial charge in [0.25, 0.3) is 5.72 Å². The largest absolute Gasteiger partial charge is 0.391 e. The summed E-state index contributed by atoms with van der Waals surface area (Å²) in [6.45, 7) is 6.00. The molecule has 3 unspecified atom stereocenters. The Morgan fingerprint density at radius 3 is 2.29 bits per heavy atom. The summed E-state index contributed by atoms with van der Waals surface area (Å²) < 4.78 is 5.47. The fraction of sp³-hybridized carbons (Fsp3) is 0.370. The van der Waals surface area contributed by atoms with Crippen LogP contribution < -0.4 is 5.32 Å². The van der Waals surface area contributed by atoms with E-state index in [2.05, 4.69) is 15.6 Å². The number of hydrogen-bond donors (Lipinski definition) is 2. The van der Waals surface area contributed by atoms with E-state index in [1.54, 1.807) is 11.0 Å². The standard InChI is InChI=1S/C27H30N4O4/c1-17(2)24(23-14-18(3)29-34-23)26(33)31-16-21(32)15-22(31)25-28-27(35-30-25,19-10-6-4-7-11-19)20-12-8-5-9-13-20/h4-14,17,21-22,24,32H,15-16H2,1-3H3,(H,28,30). The summed E-state index contributed by atoms with van der Waals surface area (Å²) in [7, 11) is 0. The molecule has 1 aromatic heterocycles. The summed E-state index contributed by atoms with van der Waals surface area (Å²) in [5.74, 6) is 0.386. The van der Waals surface area contributed by atoms with E-state index in [1.165, 1.54) is 0 Å². The number of β-amino-alcohol motifs (C(OH)–C–C–N with tert-alkyl or cyclic N) is 1. The monoisotopic (exact) mass is 474 g/mol. The number of rotatable bonds is 6. The molecule has 2 aromatic carbocycles. The van der Waals surface area contributed by atoms with E-state index in [0.717, 1.165) is 16.8 Å². The van der Waals surface area contributed by atoms with Crippen molar-refractivity contribution in [1.29, 1.82) is 0 Å². The molecule has 0 aliphatic carbocycles. The van der Waals surface area contributed by atoms with Crippen LogP contribution >= 0.6 is 0 Å². The molecule has 35 heavy (non-hydrogen) atoms. The molecule has 8 nitrogen and oxygen atoms in total. The second-order valence-corrected chi connectivity index (χ2v) is 9.59. The summed E-state index contributed by atoms with van der Waals surface area (Å²) >= 11 is 0. The maximum atomic E-state index is 13.8. The van der Waals surface area contributed by atoms with Crippen LogP contribution in [0, 0.1) is 12.8 Å². The number of oxime groups is 1. The van der Waals surface area contributed by atoms with Gasteiger partial charge in [-0.05, 0) is 12.8 Å².